The molecule has 0 aromatic heterocycles. The van der Waals surface area contributed by atoms with E-state index in [-0.39, 0.29) is 0 Å². The third-order valence-corrected chi connectivity index (χ3v) is 8.38. The Morgan fingerprint density at radius 1 is 0.425 bits per heavy atom. The summed E-state index contributed by atoms with van der Waals surface area (Å²) in [5.74, 6) is 0. The first-order valence-corrected chi connectivity index (χ1v) is 17.2. The van der Waals surface area contributed by atoms with Gasteiger partial charge in [0.05, 0.1) is 0 Å². The van der Waals surface area contributed by atoms with Gasteiger partial charge in [0.25, 0.3) is 0 Å². The Kier molecular flexibility index (Phi) is 19.9. The first-order valence-electron chi connectivity index (χ1n) is 17.2. The summed E-state index contributed by atoms with van der Waals surface area (Å²) >= 11 is 0. The van der Waals surface area contributed by atoms with Crippen molar-refractivity contribution in [2.75, 3.05) is 27.2 Å². The van der Waals surface area contributed by atoms with Crippen molar-refractivity contribution < 1.29 is 0 Å². The highest BCUT2D eigenvalue weighted by Crippen LogP contribution is 2.23. The molecule has 2 aromatic rings. The molecule has 0 bridgehead atoms. The molecular weight excluding hydrogens is 484 g/mol. The summed E-state index contributed by atoms with van der Waals surface area (Å²) < 4.78 is 0. The van der Waals surface area contributed by atoms with Crippen LogP contribution in [0.25, 0.3) is 11.1 Å². The molecule has 2 nitrogen and oxygen atoms in total. The molecule has 0 aliphatic carbocycles. The highest BCUT2D eigenvalue weighted by molar-refractivity contribution is 5.65. The minimum atomic E-state index is 1.03. The molecule has 0 radical (unpaired) electrons. The summed E-state index contributed by atoms with van der Waals surface area (Å²) in [6.45, 7) is 9.05. The summed E-state index contributed by atoms with van der Waals surface area (Å²) in [4.78, 5) is 5.00. The number of hydrogen-bond acceptors (Lipinski definition) is 2. The summed E-state index contributed by atoms with van der Waals surface area (Å²) in [5.41, 5.74) is 5.53. The third-order valence-electron chi connectivity index (χ3n) is 8.38. The zero-order chi connectivity index (χ0) is 28.7. The maximum atomic E-state index is 2.50. The molecule has 0 unspecified atom stereocenters. The maximum Gasteiger partial charge on any atom is 0.0230 e. The van der Waals surface area contributed by atoms with E-state index >= 15 is 0 Å². The van der Waals surface area contributed by atoms with Crippen LogP contribution in [-0.2, 0) is 13.1 Å². The van der Waals surface area contributed by atoms with E-state index in [1.54, 1.807) is 0 Å². The molecule has 0 saturated carbocycles. The van der Waals surface area contributed by atoms with Gasteiger partial charge in [-0.05, 0) is 74.4 Å². The summed E-state index contributed by atoms with van der Waals surface area (Å²) in [5, 5.41) is 0. The lowest BCUT2D eigenvalue weighted by Crippen LogP contribution is -2.19. The lowest BCUT2D eigenvalue weighted by molar-refractivity contribution is 0.316. The van der Waals surface area contributed by atoms with Crippen molar-refractivity contribution in [1.82, 2.24) is 9.80 Å². The molecule has 0 aliphatic rings. The lowest BCUT2D eigenvalue weighted by atomic mass is 10.0. The van der Waals surface area contributed by atoms with Crippen LogP contribution in [0.15, 0.2) is 48.5 Å². The topological polar surface area (TPSA) is 6.48 Å². The standard InChI is InChI=1S/C38H64N2/c1-5-7-9-11-13-15-17-19-21-29-39(3)33-35-25-23-27-37(31-35)38-28-24-26-36(32-38)34-40(4)30-22-20-18-16-14-12-10-8-6-2/h23-28,31-32H,5-22,29-30,33-34H2,1-4H3. The second-order valence-corrected chi connectivity index (χ2v) is 12.5. The summed E-state index contributed by atoms with van der Waals surface area (Å²) in [6.07, 6.45) is 25.1. The van der Waals surface area contributed by atoms with E-state index in [1.807, 2.05) is 0 Å². The van der Waals surface area contributed by atoms with E-state index in [0.717, 1.165) is 13.1 Å². The molecule has 0 aliphatic heterocycles. The summed E-state index contributed by atoms with van der Waals surface area (Å²) in [7, 11) is 4.56. The van der Waals surface area contributed by atoms with Crippen molar-refractivity contribution in [1.29, 1.82) is 0 Å². The Labute approximate surface area is 249 Å². The van der Waals surface area contributed by atoms with Crippen LogP contribution in [-0.4, -0.2) is 37.0 Å². The number of nitrogens with zero attached hydrogens (tertiary/aromatic N) is 2. The van der Waals surface area contributed by atoms with Gasteiger partial charge in [0.15, 0.2) is 0 Å². The van der Waals surface area contributed by atoms with Crippen LogP contribution in [0.1, 0.15) is 141 Å². The molecule has 0 amide bonds. The van der Waals surface area contributed by atoms with Crippen molar-refractivity contribution in [3.8, 4) is 11.1 Å². The fraction of sp³-hybridized carbons (Fsp3) is 0.684. The van der Waals surface area contributed by atoms with Gasteiger partial charge in [-0.2, -0.15) is 0 Å². The van der Waals surface area contributed by atoms with Gasteiger partial charge in [-0.3, -0.25) is 0 Å². The molecular formula is C38H64N2. The van der Waals surface area contributed by atoms with Crippen molar-refractivity contribution in [2.24, 2.45) is 0 Å². The van der Waals surface area contributed by atoms with Crippen molar-refractivity contribution in [3.63, 3.8) is 0 Å². The average Bonchev–Trinajstić information content (AvgIpc) is 2.96. The Hall–Kier alpha value is -1.64. The Morgan fingerprint density at radius 3 is 1.10 bits per heavy atom. The van der Waals surface area contributed by atoms with Crippen LogP contribution in [0.3, 0.4) is 0 Å². The van der Waals surface area contributed by atoms with Crippen molar-refractivity contribution >= 4 is 0 Å². The fourth-order valence-electron chi connectivity index (χ4n) is 5.86. The second-order valence-electron chi connectivity index (χ2n) is 12.5. The number of rotatable bonds is 25. The van der Waals surface area contributed by atoms with Gasteiger partial charge in [-0.1, -0.05) is 153 Å². The highest BCUT2D eigenvalue weighted by atomic mass is 15.1. The molecule has 2 rings (SSSR count). The lowest BCUT2D eigenvalue weighted by Gasteiger charge is -2.18. The SMILES string of the molecule is CCCCCCCCCCCN(C)Cc1cccc(-c2cccc(CN(C)CCCCCCCCCCC)c2)c1. The van der Waals surface area contributed by atoms with Crippen LogP contribution in [0.2, 0.25) is 0 Å². The third kappa shape index (κ3) is 16.6. The fourth-order valence-corrected chi connectivity index (χ4v) is 5.86. The van der Waals surface area contributed by atoms with Crippen LogP contribution < -0.4 is 0 Å². The second kappa shape index (κ2) is 23.0. The molecule has 2 heteroatoms. The van der Waals surface area contributed by atoms with Gasteiger partial charge in [-0.25, -0.2) is 0 Å². The number of hydrogen-bond donors (Lipinski definition) is 0. The Morgan fingerprint density at radius 2 is 0.750 bits per heavy atom. The quantitative estimate of drug-likeness (QED) is 0.114. The van der Waals surface area contributed by atoms with Gasteiger partial charge < -0.3 is 9.80 Å². The van der Waals surface area contributed by atoms with E-state index in [4.69, 9.17) is 0 Å². The predicted molar refractivity (Wildman–Crippen MR) is 179 cm³/mol. The largest absolute Gasteiger partial charge is 0.302 e. The normalized spacial score (nSPS) is 11.7. The molecule has 0 heterocycles. The Bertz CT molecular complexity index is 789. The van der Waals surface area contributed by atoms with Crippen molar-refractivity contribution in [2.45, 2.75) is 143 Å². The van der Waals surface area contributed by atoms with E-state index in [9.17, 15) is 0 Å². The molecule has 2 aromatic carbocycles. The van der Waals surface area contributed by atoms with E-state index in [2.05, 4.69) is 86.3 Å². The van der Waals surface area contributed by atoms with Crippen LogP contribution in [0.5, 0.6) is 0 Å². The molecule has 0 spiro atoms. The minimum Gasteiger partial charge on any atom is -0.302 e. The van der Waals surface area contributed by atoms with Gasteiger partial charge in [-0.15, -0.1) is 0 Å². The molecule has 0 saturated heterocycles. The van der Waals surface area contributed by atoms with Crippen molar-refractivity contribution in [3.05, 3.63) is 59.7 Å². The van der Waals surface area contributed by atoms with Gasteiger partial charge in [0.1, 0.15) is 0 Å². The van der Waals surface area contributed by atoms with Crippen LogP contribution in [0.4, 0.5) is 0 Å². The molecule has 40 heavy (non-hydrogen) atoms. The minimum absolute atomic E-state index is 1.03. The van der Waals surface area contributed by atoms with Gasteiger partial charge in [0, 0.05) is 13.1 Å². The zero-order valence-corrected chi connectivity index (χ0v) is 27.1. The van der Waals surface area contributed by atoms with E-state index in [1.165, 1.54) is 151 Å². The average molecular weight is 549 g/mol. The first-order chi connectivity index (χ1) is 19.6. The highest BCUT2D eigenvalue weighted by Gasteiger charge is 2.06. The molecule has 0 atom stereocenters. The molecule has 226 valence electrons. The Balaban J connectivity index is 1.68. The first kappa shape index (κ1) is 34.6. The van der Waals surface area contributed by atoms with Crippen LogP contribution in [0, 0.1) is 0 Å². The molecule has 0 N–H and O–H groups in total. The molecule has 0 fully saturated rings. The van der Waals surface area contributed by atoms with Gasteiger partial charge in [0.2, 0.25) is 0 Å². The number of unbranched alkanes of at least 4 members (excludes halogenated alkanes) is 16. The van der Waals surface area contributed by atoms with Crippen LogP contribution >= 0.6 is 0 Å². The smallest absolute Gasteiger partial charge is 0.0230 e. The zero-order valence-electron chi connectivity index (χ0n) is 27.1. The summed E-state index contributed by atoms with van der Waals surface area (Å²) in [6, 6.07) is 18.4. The van der Waals surface area contributed by atoms with E-state index in [0.29, 0.717) is 0 Å². The maximum absolute atomic E-state index is 2.50. The predicted octanol–water partition coefficient (Wildman–Crippen LogP) is 11.3. The number of benzene rings is 2. The van der Waals surface area contributed by atoms with Gasteiger partial charge >= 0.3 is 0 Å². The van der Waals surface area contributed by atoms with E-state index < -0.39 is 0 Å². The monoisotopic (exact) mass is 549 g/mol.